The molecule has 0 radical (unpaired) electrons. The second-order valence-electron chi connectivity index (χ2n) is 11.9. The number of benzene rings is 4. The number of carbonyl (C=O) groups is 1. The molecule has 1 aliphatic heterocycles. The normalized spacial score (nSPS) is 17.6. The highest BCUT2D eigenvalue weighted by molar-refractivity contribution is 6.30. The third-order valence-electron chi connectivity index (χ3n) is 8.48. The number of anilines is 2. The van der Waals surface area contributed by atoms with Gasteiger partial charge in [-0.1, -0.05) is 74.0 Å². The monoisotopic (exact) mass is 564 g/mol. The van der Waals surface area contributed by atoms with Crippen LogP contribution in [0.5, 0.6) is 5.75 Å². The Bertz CT molecular complexity index is 1650. The van der Waals surface area contributed by atoms with E-state index in [1.165, 1.54) is 21.9 Å². The Balaban J connectivity index is 1.50. The molecule has 0 saturated heterocycles. The number of halogens is 1. The highest BCUT2D eigenvalue weighted by Gasteiger charge is 2.41. The summed E-state index contributed by atoms with van der Waals surface area (Å²) in [4.78, 5) is 16.3. The van der Waals surface area contributed by atoms with E-state index in [0.717, 1.165) is 53.3 Å². The summed E-state index contributed by atoms with van der Waals surface area (Å²) < 4.78 is 6.57. The number of Topliss-reactive ketones (excluding diaryl/α,β-unsaturated/α-hetero) is 1. The summed E-state index contributed by atoms with van der Waals surface area (Å²) in [7, 11) is 0. The molecule has 0 fully saturated rings. The minimum atomic E-state index is -0.298. The molecule has 6 rings (SSSR count). The molecule has 210 valence electrons. The summed E-state index contributed by atoms with van der Waals surface area (Å²) in [5, 5.41) is 6.87. The van der Waals surface area contributed by atoms with Crippen LogP contribution in [0.4, 0.5) is 11.4 Å². The van der Waals surface area contributed by atoms with Crippen molar-refractivity contribution in [2.75, 3.05) is 23.3 Å². The molecule has 0 saturated carbocycles. The average Bonchev–Trinajstić information content (AvgIpc) is 2.96. The van der Waals surface area contributed by atoms with Crippen molar-refractivity contribution in [1.82, 2.24) is 0 Å². The summed E-state index contributed by atoms with van der Waals surface area (Å²) in [6.07, 6.45) is 1.38. The lowest BCUT2D eigenvalue weighted by atomic mass is 9.67. The Kier molecular flexibility index (Phi) is 7.29. The van der Waals surface area contributed by atoms with Gasteiger partial charge < -0.3 is 15.0 Å². The highest BCUT2D eigenvalue weighted by atomic mass is 35.5. The SMILES string of the molecule is CCN(CC)c1ccc(C2Nc3ccc4ccccc4c3C3=C2C(=O)CC(C)(C)C3)c(OCc2ccc(Cl)cc2)c1. The van der Waals surface area contributed by atoms with Crippen LogP contribution < -0.4 is 15.0 Å². The number of fused-ring (bicyclic) bond motifs is 4. The highest BCUT2D eigenvalue weighted by Crippen LogP contribution is 2.53. The zero-order chi connectivity index (χ0) is 28.7. The molecule has 2 aliphatic rings. The Morgan fingerprint density at radius 3 is 2.46 bits per heavy atom. The lowest BCUT2D eigenvalue weighted by Gasteiger charge is -2.40. The van der Waals surface area contributed by atoms with Crippen LogP contribution in [0.1, 0.15) is 63.3 Å². The van der Waals surface area contributed by atoms with Crippen molar-refractivity contribution in [2.24, 2.45) is 5.41 Å². The number of ether oxygens (including phenoxy) is 1. The first-order chi connectivity index (χ1) is 19.8. The summed E-state index contributed by atoms with van der Waals surface area (Å²) in [5.74, 6) is 0.999. The molecule has 0 bridgehead atoms. The maximum Gasteiger partial charge on any atom is 0.162 e. The molecule has 5 heteroatoms. The van der Waals surface area contributed by atoms with Crippen molar-refractivity contribution in [3.63, 3.8) is 0 Å². The number of allylic oxidation sites excluding steroid dienone is 1. The third kappa shape index (κ3) is 5.22. The van der Waals surface area contributed by atoms with Crippen LogP contribution in [0.3, 0.4) is 0 Å². The first-order valence-corrected chi connectivity index (χ1v) is 15.0. The van der Waals surface area contributed by atoms with Crippen molar-refractivity contribution in [3.05, 3.63) is 106 Å². The van der Waals surface area contributed by atoms with E-state index in [9.17, 15) is 4.79 Å². The van der Waals surface area contributed by atoms with Gasteiger partial charge in [0.15, 0.2) is 5.78 Å². The molecule has 1 atom stereocenters. The maximum absolute atomic E-state index is 14.0. The van der Waals surface area contributed by atoms with Gasteiger partial charge in [-0.3, -0.25) is 4.79 Å². The van der Waals surface area contributed by atoms with Crippen LogP contribution >= 0.6 is 11.6 Å². The zero-order valence-corrected chi connectivity index (χ0v) is 25.0. The van der Waals surface area contributed by atoms with E-state index in [-0.39, 0.29) is 17.2 Å². The van der Waals surface area contributed by atoms with Gasteiger partial charge in [-0.2, -0.15) is 0 Å². The molecule has 1 heterocycles. The second-order valence-corrected chi connectivity index (χ2v) is 12.4. The minimum Gasteiger partial charge on any atom is -0.488 e. The Labute approximate surface area is 248 Å². The number of carbonyl (C=O) groups excluding carboxylic acids is 1. The first-order valence-electron chi connectivity index (χ1n) is 14.6. The number of nitrogens with zero attached hydrogens (tertiary/aromatic N) is 1. The van der Waals surface area contributed by atoms with Gasteiger partial charge in [0.05, 0.1) is 6.04 Å². The molecule has 1 unspecified atom stereocenters. The number of hydrogen-bond donors (Lipinski definition) is 1. The summed E-state index contributed by atoms with van der Waals surface area (Å²) >= 11 is 6.13. The lowest BCUT2D eigenvalue weighted by Crippen LogP contribution is -2.33. The molecular weight excluding hydrogens is 528 g/mol. The van der Waals surface area contributed by atoms with Gasteiger partial charge in [-0.15, -0.1) is 0 Å². The van der Waals surface area contributed by atoms with E-state index in [4.69, 9.17) is 16.3 Å². The summed E-state index contributed by atoms with van der Waals surface area (Å²) in [6.45, 7) is 10.9. The van der Waals surface area contributed by atoms with Crippen LogP contribution in [-0.4, -0.2) is 18.9 Å². The topological polar surface area (TPSA) is 41.6 Å². The van der Waals surface area contributed by atoms with Crippen LogP contribution in [0.25, 0.3) is 16.3 Å². The van der Waals surface area contributed by atoms with Crippen LogP contribution in [0, 0.1) is 5.41 Å². The molecule has 41 heavy (non-hydrogen) atoms. The van der Waals surface area contributed by atoms with Crippen LogP contribution in [0.15, 0.2) is 84.4 Å². The average molecular weight is 565 g/mol. The molecule has 0 amide bonds. The second kappa shape index (κ2) is 10.9. The fourth-order valence-electron chi connectivity index (χ4n) is 6.48. The molecule has 0 aromatic heterocycles. The smallest absolute Gasteiger partial charge is 0.162 e. The number of rotatable bonds is 7. The largest absolute Gasteiger partial charge is 0.488 e. The standard InChI is InChI=1S/C36H37ClN2O2/c1-5-39(6-2)26-16-17-28(32(19-26)41-22-23-11-14-25(37)15-12-23)35-34-29(20-36(3,4)21-31(34)40)33-27-10-8-7-9-24(27)13-18-30(33)38-35/h7-19,35,38H,5-6,20-22H2,1-4H3. The van der Waals surface area contributed by atoms with Crippen LogP contribution in [-0.2, 0) is 11.4 Å². The van der Waals surface area contributed by atoms with E-state index in [1.54, 1.807) is 0 Å². The van der Waals surface area contributed by atoms with Crippen molar-refractivity contribution in [1.29, 1.82) is 0 Å². The molecule has 4 aromatic carbocycles. The zero-order valence-electron chi connectivity index (χ0n) is 24.3. The first kappa shape index (κ1) is 27.4. The van der Waals surface area contributed by atoms with E-state index >= 15 is 0 Å². The van der Waals surface area contributed by atoms with Crippen molar-refractivity contribution < 1.29 is 9.53 Å². The van der Waals surface area contributed by atoms with E-state index < -0.39 is 0 Å². The van der Waals surface area contributed by atoms with Crippen molar-refractivity contribution in [3.8, 4) is 5.75 Å². The molecule has 4 aromatic rings. The lowest BCUT2D eigenvalue weighted by molar-refractivity contribution is -0.118. The molecule has 0 spiro atoms. The van der Waals surface area contributed by atoms with Gasteiger partial charge in [0, 0.05) is 58.7 Å². The maximum atomic E-state index is 14.0. The summed E-state index contributed by atoms with van der Waals surface area (Å²) in [6, 6.07) is 26.7. The Morgan fingerprint density at radius 2 is 1.71 bits per heavy atom. The third-order valence-corrected chi connectivity index (χ3v) is 8.74. The Hall–Kier alpha value is -3.76. The number of nitrogens with one attached hydrogen (secondary N) is 1. The number of ketones is 1. The van der Waals surface area contributed by atoms with Gasteiger partial charge in [-0.05, 0) is 71.9 Å². The van der Waals surface area contributed by atoms with Gasteiger partial charge >= 0.3 is 0 Å². The molecule has 1 aliphatic carbocycles. The predicted octanol–water partition coefficient (Wildman–Crippen LogP) is 9.23. The van der Waals surface area contributed by atoms with Crippen LogP contribution in [0.2, 0.25) is 5.02 Å². The van der Waals surface area contributed by atoms with E-state index in [0.29, 0.717) is 18.1 Å². The molecule has 1 N–H and O–H groups in total. The molecule has 4 nitrogen and oxygen atoms in total. The summed E-state index contributed by atoms with van der Waals surface area (Å²) in [5.41, 5.74) is 7.29. The van der Waals surface area contributed by atoms with E-state index in [1.807, 2.05) is 24.3 Å². The fourth-order valence-corrected chi connectivity index (χ4v) is 6.61. The van der Waals surface area contributed by atoms with Crippen molar-refractivity contribution in [2.45, 2.75) is 53.2 Å². The molecular formula is C36H37ClN2O2. The van der Waals surface area contributed by atoms with Gasteiger partial charge in [0.25, 0.3) is 0 Å². The van der Waals surface area contributed by atoms with Crippen molar-refractivity contribution >= 4 is 45.1 Å². The van der Waals surface area contributed by atoms with E-state index in [2.05, 4.69) is 92.5 Å². The predicted molar refractivity (Wildman–Crippen MR) is 171 cm³/mol. The quantitative estimate of drug-likeness (QED) is 0.243. The number of hydrogen-bond acceptors (Lipinski definition) is 4. The minimum absolute atomic E-state index is 0.105. The fraction of sp³-hybridized carbons (Fsp3) is 0.306. The van der Waals surface area contributed by atoms with Gasteiger partial charge in [-0.25, -0.2) is 0 Å². The van der Waals surface area contributed by atoms with Gasteiger partial charge in [0.1, 0.15) is 12.4 Å². The Morgan fingerprint density at radius 1 is 0.951 bits per heavy atom. The van der Waals surface area contributed by atoms with Gasteiger partial charge in [0.2, 0.25) is 0 Å².